The topological polar surface area (TPSA) is 91.4 Å². The van der Waals surface area contributed by atoms with E-state index in [1.165, 1.54) is 6.07 Å². The molecule has 3 N–H and O–H groups in total. The van der Waals surface area contributed by atoms with Crippen LogP contribution in [-0.2, 0) is 4.74 Å². The van der Waals surface area contributed by atoms with Crippen LogP contribution in [0.1, 0.15) is 38.0 Å². The fraction of sp³-hybridized carbons (Fsp3) is 0.368. The third-order valence-corrected chi connectivity index (χ3v) is 3.72. The number of pyridine rings is 1. The first kappa shape index (κ1) is 19.7. The molecule has 1 amide bonds. The highest BCUT2D eigenvalue weighted by Crippen LogP contribution is 2.25. The van der Waals surface area contributed by atoms with Gasteiger partial charge in [0.05, 0.1) is 6.33 Å². The van der Waals surface area contributed by atoms with Crippen molar-refractivity contribution in [3.63, 3.8) is 0 Å². The zero-order valence-corrected chi connectivity index (χ0v) is 15.2. The minimum absolute atomic E-state index is 0.0164. The Balaban J connectivity index is 2.18. The molecule has 2 rings (SSSR count). The number of carbonyl (C=O) groups is 1. The van der Waals surface area contributed by atoms with Crippen molar-refractivity contribution in [1.29, 1.82) is 0 Å². The molecule has 0 saturated carbocycles. The molecule has 0 aliphatic rings. The number of fused-ring (bicyclic) bond motifs is 1. The number of benzene rings is 1. The molecule has 0 saturated heterocycles. The van der Waals surface area contributed by atoms with E-state index in [0.29, 0.717) is 11.1 Å². The zero-order chi connectivity index (χ0) is 19.5. The van der Waals surface area contributed by atoms with Crippen LogP contribution in [0.2, 0.25) is 0 Å². The summed E-state index contributed by atoms with van der Waals surface area (Å²) in [4.78, 5) is 25.9. The first-order valence-electron chi connectivity index (χ1n) is 8.18. The Morgan fingerprint density at radius 3 is 2.69 bits per heavy atom. The van der Waals surface area contributed by atoms with Crippen molar-refractivity contribution >= 4 is 17.0 Å². The molecule has 1 heterocycles. The van der Waals surface area contributed by atoms with Gasteiger partial charge in [0.25, 0.3) is 0 Å². The summed E-state index contributed by atoms with van der Waals surface area (Å²) < 4.78 is 18.4. The fourth-order valence-electron chi connectivity index (χ4n) is 2.51. The fourth-order valence-corrected chi connectivity index (χ4v) is 2.51. The Labute approximate surface area is 150 Å². The molecule has 0 radical (unpaired) electrons. The summed E-state index contributed by atoms with van der Waals surface area (Å²) in [6.07, 6.45) is -1.67. The summed E-state index contributed by atoms with van der Waals surface area (Å²) in [5.41, 5.74) is 0.919. The van der Waals surface area contributed by atoms with E-state index in [1.54, 1.807) is 45.9 Å². The Bertz CT molecular complexity index is 897. The van der Waals surface area contributed by atoms with Crippen molar-refractivity contribution in [1.82, 2.24) is 10.3 Å². The number of ether oxygens (including phenoxy) is 1. The van der Waals surface area contributed by atoms with Crippen molar-refractivity contribution in [3.8, 4) is 0 Å². The summed E-state index contributed by atoms with van der Waals surface area (Å²) in [6.45, 7) is 6.73. The third kappa shape index (κ3) is 4.92. The minimum Gasteiger partial charge on any atom is -0.444 e. The van der Waals surface area contributed by atoms with Gasteiger partial charge in [-0.05, 0) is 51.0 Å². The number of aromatic nitrogens is 1. The maximum atomic E-state index is 13.3. The van der Waals surface area contributed by atoms with Gasteiger partial charge in [-0.15, -0.1) is 0 Å². The molecule has 26 heavy (non-hydrogen) atoms. The molecule has 1 unspecified atom stereocenters. The van der Waals surface area contributed by atoms with Gasteiger partial charge in [0, 0.05) is 29.1 Å². The highest BCUT2D eigenvalue weighted by molar-refractivity contribution is 5.82. The van der Waals surface area contributed by atoms with Crippen LogP contribution in [0.4, 0.5) is 9.18 Å². The number of hydrogen-bond acceptors (Lipinski definition) is 4. The molecule has 2 aromatic rings. The van der Waals surface area contributed by atoms with Gasteiger partial charge in [-0.1, -0.05) is 6.07 Å². The molecule has 0 bridgehead atoms. The van der Waals surface area contributed by atoms with E-state index < -0.39 is 17.8 Å². The quantitative estimate of drug-likeness (QED) is 0.779. The average molecular weight is 362 g/mol. The monoisotopic (exact) mass is 362 g/mol. The Morgan fingerprint density at radius 1 is 1.38 bits per heavy atom. The van der Waals surface area contributed by atoms with Crippen LogP contribution in [0.5, 0.6) is 0 Å². The highest BCUT2D eigenvalue weighted by Gasteiger charge is 2.19. The normalized spacial score (nSPS) is 13.5. The van der Waals surface area contributed by atoms with E-state index in [0.717, 1.165) is 10.9 Å². The second kappa shape index (κ2) is 7.70. The molecule has 1 aromatic carbocycles. The van der Waals surface area contributed by atoms with Crippen LogP contribution < -0.4 is 10.9 Å². The number of hydrogen-bond donors (Lipinski definition) is 3. The Hall–Kier alpha value is -2.67. The van der Waals surface area contributed by atoms with Crippen molar-refractivity contribution in [2.45, 2.75) is 39.4 Å². The molecule has 140 valence electrons. The molecule has 1 aromatic heterocycles. The lowest BCUT2D eigenvalue weighted by atomic mass is 9.99. The lowest BCUT2D eigenvalue weighted by Crippen LogP contribution is -2.34. The van der Waals surface area contributed by atoms with E-state index in [4.69, 9.17) is 4.74 Å². The predicted octanol–water partition coefficient (Wildman–Crippen LogP) is 3.25. The zero-order valence-electron chi connectivity index (χ0n) is 15.2. The predicted molar refractivity (Wildman–Crippen MR) is 97.7 cm³/mol. The first-order chi connectivity index (χ1) is 12.1. The molecule has 1 atom stereocenters. The van der Waals surface area contributed by atoms with Crippen LogP contribution in [0.25, 0.3) is 10.9 Å². The van der Waals surface area contributed by atoms with E-state index >= 15 is 0 Å². The van der Waals surface area contributed by atoms with Crippen LogP contribution in [0, 0.1) is 6.92 Å². The first-order valence-corrected chi connectivity index (χ1v) is 8.18. The third-order valence-electron chi connectivity index (χ3n) is 3.72. The average Bonchev–Trinajstić information content (AvgIpc) is 2.53. The van der Waals surface area contributed by atoms with Crippen molar-refractivity contribution in [2.24, 2.45) is 0 Å². The Kier molecular flexibility index (Phi) is 5.82. The second-order valence-corrected chi connectivity index (χ2v) is 7.06. The number of alkyl carbamates (subject to hydrolysis) is 1. The van der Waals surface area contributed by atoms with Crippen LogP contribution in [0.3, 0.4) is 0 Å². The number of H-pyrrole nitrogens is 1. The van der Waals surface area contributed by atoms with E-state index in [2.05, 4.69) is 10.3 Å². The lowest BCUT2D eigenvalue weighted by Gasteiger charge is -2.21. The van der Waals surface area contributed by atoms with Crippen LogP contribution in [-0.4, -0.2) is 28.3 Å². The van der Waals surface area contributed by atoms with Crippen LogP contribution in [0.15, 0.2) is 41.0 Å². The maximum absolute atomic E-state index is 13.3. The van der Waals surface area contributed by atoms with Gasteiger partial charge in [0.15, 0.2) is 0 Å². The van der Waals surface area contributed by atoms with Gasteiger partial charge < -0.3 is 20.1 Å². The summed E-state index contributed by atoms with van der Waals surface area (Å²) in [5.74, 6) is 0. The number of rotatable bonds is 4. The molecule has 0 spiro atoms. The molecule has 7 heteroatoms. The number of nitrogens with one attached hydrogen (secondary N) is 2. The molecule has 0 fully saturated rings. The lowest BCUT2D eigenvalue weighted by molar-refractivity contribution is 0.0529. The largest absolute Gasteiger partial charge is 0.444 e. The molecular formula is C19H23FN2O4. The second-order valence-electron chi connectivity index (χ2n) is 7.06. The van der Waals surface area contributed by atoms with Gasteiger partial charge in [0.2, 0.25) is 5.56 Å². The van der Waals surface area contributed by atoms with Gasteiger partial charge in [-0.3, -0.25) is 4.79 Å². The number of aromatic amines is 1. The molecule has 0 aliphatic carbocycles. The van der Waals surface area contributed by atoms with E-state index in [9.17, 15) is 19.1 Å². The standard InChI is InChI=1S/C19H23FN2O4/c1-11-7-16(23)22-15-6-5-12(8-14(11)15)17(24)13(9-20)10-21-18(25)26-19(2,3)4/h5-9,17,24H,10H2,1-4H3,(H,21,25)(H,22,23)/b13-9+. The van der Waals surface area contributed by atoms with E-state index in [1.807, 2.05) is 0 Å². The SMILES string of the molecule is Cc1cc(=O)[nH]c2ccc(C(O)/C(=C/F)CNC(=O)OC(C)(C)C)cc12. The summed E-state index contributed by atoms with van der Waals surface area (Å²) in [5, 5.41) is 13.6. The van der Waals surface area contributed by atoms with Crippen molar-refractivity contribution in [2.75, 3.05) is 6.54 Å². The van der Waals surface area contributed by atoms with Crippen LogP contribution >= 0.6 is 0 Å². The number of aliphatic hydroxyl groups excluding tert-OH is 1. The van der Waals surface area contributed by atoms with E-state index in [-0.39, 0.29) is 24.0 Å². The molecule has 0 aliphatic heterocycles. The van der Waals surface area contributed by atoms with Crippen molar-refractivity contribution in [3.05, 3.63) is 57.6 Å². The number of carbonyl (C=O) groups excluding carboxylic acids is 1. The minimum atomic E-state index is -1.24. The van der Waals surface area contributed by atoms with Gasteiger partial charge >= 0.3 is 6.09 Å². The molecular weight excluding hydrogens is 339 g/mol. The smallest absolute Gasteiger partial charge is 0.407 e. The summed E-state index contributed by atoms with van der Waals surface area (Å²) in [6, 6.07) is 6.38. The van der Waals surface area contributed by atoms with Gasteiger partial charge in [0.1, 0.15) is 11.7 Å². The molecule has 6 nitrogen and oxygen atoms in total. The number of aliphatic hydroxyl groups is 1. The Morgan fingerprint density at radius 2 is 2.08 bits per heavy atom. The van der Waals surface area contributed by atoms with Gasteiger partial charge in [-0.2, -0.15) is 0 Å². The van der Waals surface area contributed by atoms with Crippen molar-refractivity contribution < 1.29 is 19.0 Å². The summed E-state index contributed by atoms with van der Waals surface area (Å²) >= 11 is 0. The number of aryl methyl sites for hydroxylation is 1. The maximum Gasteiger partial charge on any atom is 0.407 e. The van der Waals surface area contributed by atoms with Gasteiger partial charge in [-0.25, -0.2) is 9.18 Å². The number of amides is 1. The highest BCUT2D eigenvalue weighted by atomic mass is 19.1. The number of halogens is 1. The summed E-state index contributed by atoms with van der Waals surface area (Å²) in [7, 11) is 0.